The van der Waals surface area contributed by atoms with Crippen LogP contribution in [0.4, 0.5) is 0 Å². The van der Waals surface area contributed by atoms with Gasteiger partial charge in [0.05, 0.1) is 11.8 Å². The first kappa shape index (κ1) is 17.6. The summed E-state index contributed by atoms with van der Waals surface area (Å²) in [6.07, 6.45) is 3.53. The smallest absolute Gasteiger partial charge is 0.231 e. The quantitative estimate of drug-likeness (QED) is 0.755. The molecule has 8 heteroatoms. The number of carbonyl (C=O) groups is 1. The number of carbonyl (C=O) groups excluding carboxylic acids is 1. The number of thioether (sulfide) groups is 2. The summed E-state index contributed by atoms with van der Waals surface area (Å²) in [5.41, 5.74) is -0.642. The van der Waals surface area contributed by atoms with Gasteiger partial charge in [0.1, 0.15) is 5.54 Å². The predicted octanol–water partition coefficient (Wildman–Crippen LogP) is 3.33. The van der Waals surface area contributed by atoms with E-state index < -0.39 is 5.54 Å². The summed E-state index contributed by atoms with van der Waals surface area (Å²) in [5.74, 6) is 1.82. The van der Waals surface area contributed by atoms with Crippen LogP contribution in [0.1, 0.15) is 39.5 Å². The molecule has 120 valence electrons. The number of nitriles is 1. The maximum Gasteiger partial charge on any atom is 0.231 e. The van der Waals surface area contributed by atoms with Crippen LogP contribution in [0.5, 0.6) is 0 Å². The van der Waals surface area contributed by atoms with Crippen LogP contribution in [0.2, 0.25) is 0 Å². The Balaban J connectivity index is 1.78. The van der Waals surface area contributed by atoms with Gasteiger partial charge in [0.25, 0.3) is 0 Å². The van der Waals surface area contributed by atoms with Gasteiger partial charge >= 0.3 is 0 Å². The third-order valence-electron chi connectivity index (χ3n) is 3.30. The molecular formula is C14H20N4OS3. The van der Waals surface area contributed by atoms with E-state index in [1.54, 1.807) is 11.8 Å². The van der Waals surface area contributed by atoms with Crippen LogP contribution < -0.4 is 5.32 Å². The van der Waals surface area contributed by atoms with Crippen molar-refractivity contribution in [3.63, 3.8) is 0 Å². The number of hydrogen-bond acceptors (Lipinski definition) is 7. The Kier molecular flexibility index (Phi) is 6.53. The Bertz CT molecular complexity index is 547. The summed E-state index contributed by atoms with van der Waals surface area (Å²) in [7, 11) is 0. The Morgan fingerprint density at radius 3 is 2.59 bits per heavy atom. The topological polar surface area (TPSA) is 78.7 Å². The normalized spacial score (nSPS) is 16.6. The van der Waals surface area contributed by atoms with Crippen LogP contribution >= 0.6 is 34.9 Å². The third kappa shape index (κ3) is 5.14. The second-order valence-electron chi connectivity index (χ2n) is 5.78. The highest BCUT2D eigenvalue weighted by Crippen LogP contribution is 2.31. The Labute approximate surface area is 143 Å². The van der Waals surface area contributed by atoms with Gasteiger partial charge in [0, 0.05) is 5.75 Å². The van der Waals surface area contributed by atoms with Crippen molar-refractivity contribution in [1.82, 2.24) is 15.5 Å². The molecule has 5 nitrogen and oxygen atoms in total. The molecule has 0 unspecified atom stereocenters. The van der Waals surface area contributed by atoms with Gasteiger partial charge in [-0.25, -0.2) is 0 Å². The van der Waals surface area contributed by atoms with Crippen LogP contribution in [0.3, 0.4) is 0 Å². The van der Waals surface area contributed by atoms with Gasteiger partial charge < -0.3 is 5.32 Å². The molecule has 0 aliphatic heterocycles. The van der Waals surface area contributed by atoms with Gasteiger partial charge in [0.2, 0.25) is 5.91 Å². The molecule has 1 aliphatic rings. The van der Waals surface area contributed by atoms with Crippen LogP contribution in [0.15, 0.2) is 8.68 Å². The molecular weight excluding hydrogens is 336 g/mol. The summed E-state index contributed by atoms with van der Waals surface area (Å²) >= 11 is 4.61. The zero-order valence-electron chi connectivity index (χ0n) is 12.8. The lowest BCUT2D eigenvalue weighted by Gasteiger charge is -2.21. The summed E-state index contributed by atoms with van der Waals surface area (Å²) in [6, 6.07) is 2.27. The van der Waals surface area contributed by atoms with Gasteiger partial charge in [-0.05, 0) is 31.6 Å². The van der Waals surface area contributed by atoms with E-state index in [4.69, 9.17) is 0 Å². The van der Waals surface area contributed by atoms with Gasteiger partial charge in [-0.3, -0.25) is 4.79 Å². The molecule has 1 amide bonds. The zero-order chi connectivity index (χ0) is 16.0. The first-order chi connectivity index (χ1) is 10.5. The monoisotopic (exact) mass is 356 g/mol. The van der Waals surface area contributed by atoms with E-state index in [1.165, 1.54) is 23.1 Å². The molecule has 1 aliphatic carbocycles. The Morgan fingerprint density at radius 2 is 2.00 bits per heavy atom. The summed E-state index contributed by atoms with van der Waals surface area (Å²) in [5, 5.41) is 20.4. The van der Waals surface area contributed by atoms with Crippen molar-refractivity contribution >= 4 is 40.8 Å². The second kappa shape index (κ2) is 8.18. The van der Waals surface area contributed by atoms with Gasteiger partial charge in [0.15, 0.2) is 8.68 Å². The molecule has 0 bridgehead atoms. The number of aromatic nitrogens is 2. The fraction of sp³-hybridized carbons (Fsp3) is 0.714. The summed E-state index contributed by atoms with van der Waals surface area (Å²) in [4.78, 5) is 12.0. The molecule has 1 aromatic heterocycles. The van der Waals surface area contributed by atoms with Crippen LogP contribution in [-0.4, -0.2) is 33.1 Å². The SMILES string of the molecule is CC(C)CSc1nnc(SCC(=O)NC2(C#N)CCCC2)s1. The van der Waals surface area contributed by atoms with E-state index in [1.807, 2.05) is 0 Å². The molecule has 0 atom stereocenters. The minimum atomic E-state index is -0.642. The summed E-state index contributed by atoms with van der Waals surface area (Å²) < 4.78 is 1.75. The zero-order valence-corrected chi connectivity index (χ0v) is 15.2. The van der Waals surface area contributed by atoms with E-state index in [-0.39, 0.29) is 11.7 Å². The number of nitrogens with zero attached hydrogens (tertiary/aromatic N) is 3. The van der Waals surface area contributed by atoms with E-state index >= 15 is 0 Å². The van der Waals surface area contributed by atoms with Crippen molar-refractivity contribution in [2.24, 2.45) is 5.92 Å². The van der Waals surface area contributed by atoms with E-state index in [9.17, 15) is 10.1 Å². The van der Waals surface area contributed by atoms with Crippen molar-refractivity contribution in [2.75, 3.05) is 11.5 Å². The van der Waals surface area contributed by atoms with Crippen molar-refractivity contribution in [2.45, 2.75) is 53.7 Å². The van der Waals surface area contributed by atoms with Crippen molar-refractivity contribution in [3.05, 3.63) is 0 Å². The predicted molar refractivity (Wildman–Crippen MR) is 91.1 cm³/mol. The number of rotatable bonds is 7. The average molecular weight is 357 g/mol. The van der Waals surface area contributed by atoms with Crippen molar-refractivity contribution < 1.29 is 4.79 Å². The van der Waals surface area contributed by atoms with Crippen LogP contribution in [0, 0.1) is 17.2 Å². The highest BCUT2D eigenvalue weighted by molar-refractivity contribution is 8.03. The first-order valence-corrected chi connectivity index (χ1v) is 10.1. The Hall–Kier alpha value is -0.780. The largest absolute Gasteiger partial charge is 0.337 e. The highest BCUT2D eigenvalue weighted by Gasteiger charge is 2.35. The molecule has 2 rings (SSSR count). The lowest BCUT2D eigenvalue weighted by Crippen LogP contribution is -2.45. The summed E-state index contributed by atoms with van der Waals surface area (Å²) in [6.45, 7) is 4.34. The third-order valence-corrected chi connectivity index (χ3v) is 6.92. The lowest BCUT2D eigenvalue weighted by molar-refractivity contribution is -0.119. The van der Waals surface area contributed by atoms with E-state index in [2.05, 4.69) is 35.4 Å². The molecule has 1 fully saturated rings. The molecule has 0 spiro atoms. The standard InChI is InChI=1S/C14H20N4OS3/c1-10(2)7-20-12-17-18-13(22-12)21-8-11(19)16-14(9-15)5-3-4-6-14/h10H,3-8H2,1-2H3,(H,16,19). The number of nitrogens with one attached hydrogen (secondary N) is 1. The maximum absolute atomic E-state index is 12.0. The molecule has 22 heavy (non-hydrogen) atoms. The highest BCUT2D eigenvalue weighted by atomic mass is 32.2. The molecule has 1 saturated carbocycles. The second-order valence-corrected chi connectivity index (χ2v) is 9.24. The number of hydrogen-bond donors (Lipinski definition) is 1. The molecule has 1 heterocycles. The first-order valence-electron chi connectivity index (χ1n) is 7.34. The minimum absolute atomic E-state index is 0.0972. The number of amides is 1. The van der Waals surface area contributed by atoms with Gasteiger partial charge in [-0.2, -0.15) is 5.26 Å². The molecule has 1 aromatic rings. The minimum Gasteiger partial charge on any atom is -0.337 e. The lowest BCUT2D eigenvalue weighted by atomic mass is 10.0. The maximum atomic E-state index is 12.0. The molecule has 0 radical (unpaired) electrons. The fourth-order valence-electron chi connectivity index (χ4n) is 2.23. The molecule has 0 aromatic carbocycles. The fourth-order valence-corrected chi connectivity index (χ4v) is 5.02. The van der Waals surface area contributed by atoms with Crippen LogP contribution in [0.25, 0.3) is 0 Å². The van der Waals surface area contributed by atoms with Gasteiger partial charge in [-0.1, -0.05) is 48.7 Å². The van der Waals surface area contributed by atoms with E-state index in [0.29, 0.717) is 5.92 Å². The van der Waals surface area contributed by atoms with E-state index in [0.717, 1.165) is 40.1 Å². The average Bonchev–Trinajstić information content (AvgIpc) is 3.12. The molecule has 1 N–H and O–H groups in total. The Morgan fingerprint density at radius 1 is 1.36 bits per heavy atom. The molecule has 0 saturated heterocycles. The van der Waals surface area contributed by atoms with Crippen LogP contribution in [-0.2, 0) is 4.79 Å². The van der Waals surface area contributed by atoms with Crippen molar-refractivity contribution in [3.8, 4) is 6.07 Å². The van der Waals surface area contributed by atoms with Gasteiger partial charge in [-0.15, -0.1) is 10.2 Å². The van der Waals surface area contributed by atoms with Crippen molar-refractivity contribution in [1.29, 1.82) is 5.26 Å².